The molecule has 0 aliphatic heterocycles. The normalized spacial score (nSPS) is 20.7. The van der Waals surface area contributed by atoms with Crippen molar-refractivity contribution in [3.05, 3.63) is 0 Å². The average Bonchev–Trinajstić information content (AvgIpc) is 3.24. The first-order valence-corrected chi connectivity index (χ1v) is 23.7. The SMILES string of the molecule is COC(C)OC(C)OC(CCCCCC(C)C(=O)C(C)CCCCCC(OC(C)OC(C)OC)(OC(C)OC(C)OC)OC(C)OC(C)OC)(OC(C)OC(C)OC)OC(C)OC(C)OC. The number of unbranched alkanes of at least 4 members (excludes halogenated alkanes) is 4. The topological polar surface area (TPSA) is 183 Å². The molecule has 0 aromatic heterocycles. The maximum Gasteiger partial charge on any atom is 0.289 e. The molecule has 19 nitrogen and oxygen atoms in total. The molecule has 0 amide bonds. The van der Waals surface area contributed by atoms with Crippen LogP contribution in [0.4, 0.5) is 0 Å². The number of ether oxygens (including phenoxy) is 18. The number of hydrogen-bond donors (Lipinski definition) is 0. The Hall–Kier alpha value is -1.05. The van der Waals surface area contributed by atoms with Gasteiger partial charge in [0.2, 0.25) is 0 Å². The van der Waals surface area contributed by atoms with Gasteiger partial charge < -0.3 is 56.8 Å². The summed E-state index contributed by atoms with van der Waals surface area (Å²) < 4.78 is 105. The highest BCUT2D eigenvalue weighted by Gasteiger charge is 2.42. The van der Waals surface area contributed by atoms with Gasteiger partial charge in [0.05, 0.1) is 0 Å². The number of carbonyl (C=O) groups excluding carboxylic acids is 1. The molecule has 0 bridgehead atoms. The molecule has 0 aromatic rings. The van der Waals surface area contributed by atoms with E-state index in [1.807, 2.05) is 13.8 Å². The van der Waals surface area contributed by atoms with Gasteiger partial charge in [-0.2, -0.15) is 0 Å². The van der Waals surface area contributed by atoms with Gasteiger partial charge in [-0.15, -0.1) is 0 Å². The first-order valence-electron chi connectivity index (χ1n) is 23.7. The van der Waals surface area contributed by atoms with Gasteiger partial charge in [0.25, 0.3) is 11.9 Å². The second-order valence-electron chi connectivity index (χ2n) is 16.5. The third-order valence-electron chi connectivity index (χ3n) is 10.6. The fourth-order valence-corrected chi connectivity index (χ4v) is 6.86. The highest BCUT2D eigenvalue weighted by molar-refractivity contribution is 5.82. The summed E-state index contributed by atoms with van der Waals surface area (Å²) >= 11 is 0. The molecular formula is C47H94O19. The van der Waals surface area contributed by atoms with Crippen LogP contribution in [-0.2, 0) is 90.1 Å². The lowest BCUT2D eigenvalue weighted by Crippen LogP contribution is -2.48. The van der Waals surface area contributed by atoms with E-state index < -0.39 is 87.4 Å². The minimum atomic E-state index is -1.65. The van der Waals surface area contributed by atoms with Crippen molar-refractivity contribution in [3.8, 4) is 0 Å². The molecule has 0 radical (unpaired) electrons. The fourth-order valence-electron chi connectivity index (χ4n) is 6.86. The molecule has 0 fully saturated rings. The van der Waals surface area contributed by atoms with E-state index in [9.17, 15) is 4.79 Å². The van der Waals surface area contributed by atoms with Crippen LogP contribution in [0.25, 0.3) is 0 Å². The van der Waals surface area contributed by atoms with E-state index in [1.165, 1.54) is 0 Å². The monoisotopic (exact) mass is 963 g/mol. The first-order chi connectivity index (χ1) is 31.0. The maximum absolute atomic E-state index is 13.6. The van der Waals surface area contributed by atoms with Crippen LogP contribution in [0.5, 0.6) is 0 Å². The zero-order valence-electron chi connectivity index (χ0n) is 44.4. The molecule has 0 spiro atoms. The Bertz CT molecular complexity index is 999. The Morgan fingerprint density at radius 1 is 0.303 bits per heavy atom. The van der Waals surface area contributed by atoms with Crippen molar-refractivity contribution in [2.24, 2.45) is 11.8 Å². The molecule has 66 heavy (non-hydrogen) atoms. The summed E-state index contributed by atoms with van der Waals surface area (Å²) in [4.78, 5) is 13.6. The van der Waals surface area contributed by atoms with E-state index in [1.54, 1.807) is 126 Å². The number of hydrogen-bond acceptors (Lipinski definition) is 19. The molecule has 396 valence electrons. The largest absolute Gasteiger partial charge is 0.356 e. The Balaban J connectivity index is 5.77. The Morgan fingerprint density at radius 2 is 0.500 bits per heavy atom. The second kappa shape index (κ2) is 36.0. The minimum absolute atomic E-state index is 0.129. The van der Waals surface area contributed by atoms with Crippen molar-refractivity contribution in [2.75, 3.05) is 42.7 Å². The van der Waals surface area contributed by atoms with Crippen LogP contribution < -0.4 is 0 Å². The zero-order chi connectivity index (χ0) is 50.5. The smallest absolute Gasteiger partial charge is 0.289 e. The van der Waals surface area contributed by atoms with Crippen LogP contribution >= 0.6 is 0 Å². The van der Waals surface area contributed by atoms with Crippen molar-refractivity contribution < 1.29 is 90.1 Å². The predicted molar refractivity (Wildman–Crippen MR) is 244 cm³/mol. The Kier molecular flexibility index (Phi) is 35.4. The zero-order valence-corrected chi connectivity index (χ0v) is 44.4. The second-order valence-corrected chi connectivity index (χ2v) is 16.5. The molecule has 0 aliphatic rings. The molecule has 0 aliphatic carbocycles. The van der Waals surface area contributed by atoms with Gasteiger partial charge in [-0.25, -0.2) is 0 Å². The van der Waals surface area contributed by atoms with E-state index in [0.29, 0.717) is 25.7 Å². The summed E-state index contributed by atoms with van der Waals surface area (Å²) in [6.45, 7) is 24.9. The van der Waals surface area contributed by atoms with Gasteiger partial charge in [0.15, 0.2) is 75.5 Å². The Labute approximate surface area is 398 Å². The molecular weight excluding hydrogens is 868 g/mol. The van der Waals surface area contributed by atoms with E-state index >= 15 is 0 Å². The quantitative estimate of drug-likeness (QED) is 0.0415. The third kappa shape index (κ3) is 29.2. The van der Waals surface area contributed by atoms with Crippen LogP contribution in [0.15, 0.2) is 0 Å². The van der Waals surface area contributed by atoms with Gasteiger partial charge in [-0.1, -0.05) is 39.5 Å². The average molecular weight is 963 g/mol. The lowest BCUT2D eigenvalue weighted by atomic mass is 9.88. The Morgan fingerprint density at radius 3 is 0.682 bits per heavy atom. The van der Waals surface area contributed by atoms with Crippen molar-refractivity contribution >= 4 is 5.78 Å². The lowest BCUT2D eigenvalue weighted by molar-refractivity contribution is -0.483. The highest BCUT2D eigenvalue weighted by atomic mass is 17.0. The molecule has 19 heteroatoms. The lowest BCUT2D eigenvalue weighted by Gasteiger charge is -2.39. The van der Waals surface area contributed by atoms with Crippen molar-refractivity contribution in [1.29, 1.82) is 0 Å². The molecule has 0 N–H and O–H groups in total. The summed E-state index contributed by atoms with van der Waals surface area (Å²) in [6.07, 6.45) is -1.71. The van der Waals surface area contributed by atoms with Crippen LogP contribution in [-0.4, -0.2) is 136 Å². The number of rotatable bonds is 44. The molecule has 14 atom stereocenters. The minimum Gasteiger partial charge on any atom is -0.356 e. The summed E-state index contributed by atoms with van der Waals surface area (Å²) in [5, 5.41) is 0. The third-order valence-corrected chi connectivity index (χ3v) is 10.6. The van der Waals surface area contributed by atoms with E-state index in [0.717, 1.165) is 38.5 Å². The van der Waals surface area contributed by atoms with Crippen molar-refractivity contribution in [3.63, 3.8) is 0 Å². The standard InChI is InChI=1S/C47H94O19/c1-31(27-23-21-25-29-46(61-39(9)55-33(3)49-15,62-40(10)56-34(4)50-16)63-41(11)57-35(5)51-17)45(48)32(2)28-24-22-26-30-47(64-42(12)58-36(6)52-18,65-43(13)59-37(7)53-19)66-44(14)60-38(8)54-20/h31-44H,21-30H2,1-20H3. The van der Waals surface area contributed by atoms with Crippen LogP contribution in [0.2, 0.25) is 0 Å². The van der Waals surface area contributed by atoms with Gasteiger partial charge in [-0.05, 0) is 109 Å². The summed E-state index contributed by atoms with van der Waals surface area (Å²) in [7, 11) is 9.25. The van der Waals surface area contributed by atoms with Gasteiger partial charge in [-0.3, -0.25) is 33.2 Å². The number of Topliss-reactive ketones (excluding diaryl/α,β-unsaturated/α-hetero) is 1. The molecule has 0 aromatic carbocycles. The van der Waals surface area contributed by atoms with Crippen molar-refractivity contribution in [1.82, 2.24) is 0 Å². The van der Waals surface area contributed by atoms with Gasteiger partial charge >= 0.3 is 0 Å². The predicted octanol–water partition coefficient (Wildman–Crippen LogP) is 9.27. The highest BCUT2D eigenvalue weighted by Crippen LogP contribution is 2.33. The fraction of sp³-hybridized carbons (Fsp3) is 0.979. The van der Waals surface area contributed by atoms with E-state index in [4.69, 9.17) is 85.3 Å². The van der Waals surface area contributed by atoms with E-state index in [2.05, 4.69) is 0 Å². The van der Waals surface area contributed by atoms with Crippen LogP contribution in [0.3, 0.4) is 0 Å². The summed E-state index contributed by atoms with van der Waals surface area (Å²) in [5.74, 6) is -3.32. The van der Waals surface area contributed by atoms with Crippen LogP contribution in [0.1, 0.15) is 161 Å². The summed E-state index contributed by atoms with van der Waals surface area (Å²) in [6, 6.07) is 0. The number of carbonyl (C=O) groups is 1. The van der Waals surface area contributed by atoms with Crippen LogP contribution in [0, 0.1) is 11.8 Å². The number of ketones is 1. The van der Waals surface area contributed by atoms with E-state index in [-0.39, 0.29) is 17.6 Å². The molecule has 0 heterocycles. The first kappa shape index (κ1) is 65.0. The molecule has 0 saturated carbocycles. The van der Waals surface area contributed by atoms with Crippen molar-refractivity contribution in [2.45, 2.75) is 249 Å². The molecule has 14 unspecified atom stereocenters. The molecule has 0 rings (SSSR count). The number of methoxy groups -OCH3 is 6. The summed E-state index contributed by atoms with van der Waals surface area (Å²) in [5.41, 5.74) is 0. The molecule has 0 saturated heterocycles. The van der Waals surface area contributed by atoms with Gasteiger partial charge in [0, 0.05) is 67.3 Å². The van der Waals surface area contributed by atoms with Gasteiger partial charge in [0.1, 0.15) is 5.78 Å². The maximum atomic E-state index is 13.6.